The van der Waals surface area contributed by atoms with Crippen molar-refractivity contribution in [3.05, 3.63) is 35.9 Å². The van der Waals surface area contributed by atoms with Gasteiger partial charge < -0.3 is 4.74 Å². The third kappa shape index (κ3) is 3.79. The average molecular weight is 297 g/mol. The van der Waals surface area contributed by atoms with E-state index in [2.05, 4.69) is 15.9 Å². The van der Waals surface area contributed by atoms with Gasteiger partial charge in [0.15, 0.2) is 0 Å². The Balaban J connectivity index is 2.79. The first-order valence-corrected chi connectivity index (χ1v) is 5.82. The molecule has 90 valence electrons. The Morgan fingerprint density at radius 1 is 1.19 bits per heavy atom. The Morgan fingerprint density at radius 3 is 2.19 bits per heavy atom. The van der Waals surface area contributed by atoms with Gasteiger partial charge >= 0.3 is 6.18 Å². The third-order valence-corrected chi connectivity index (χ3v) is 3.26. The van der Waals surface area contributed by atoms with Gasteiger partial charge in [-0.15, -0.1) is 0 Å². The van der Waals surface area contributed by atoms with Crippen LogP contribution in [0.4, 0.5) is 13.2 Å². The second kappa shape index (κ2) is 5.19. The molecule has 1 aromatic rings. The topological polar surface area (TPSA) is 9.23 Å². The van der Waals surface area contributed by atoms with Crippen molar-refractivity contribution in [1.29, 1.82) is 0 Å². The van der Waals surface area contributed by atoms with E-state index in [1.54, 1.807) is 31.2 Å². The van der Waals surface area contributed by atoms with Crippen LogP contribution >= 0.6 is 15.9 Å². The zero-order valence-corrected chi connectivity index (χ0v) is 10.3. The van der Waals surface area contributed by atoms with E-state index in [1.165, 1.54) is 0 Å². The molecule has 1 nitrogen and oxygen atoms in total. The lowest BCUT2D eigenvalue weighted by Crippen LogP contribution is -2.32. The summed E-state index contributed by atoms with van der Waals surface area (Å²) in [5, 5.41) is 0.306. The first-order chi connectivity index (χ1) is 7.37. The largest absolute Gasteiger partial charge is 0.411 e. The van der Waals surface area contributed by atoms with Crippen LogP contribution in [-0.2, 0) is 10.3 Å². The van der Waals surface area contributed by atoms with Gasteiger partial charge in [0.2, 0.25) is 0 Å². The Hall–Kier alpha value is -0.550. The highest BCUT2D eigenvalue weighted by molar-refractivity contribution is 9.09. The highest BCUT2D eigenvalue weighted by Crippen LogP contribution is 2.29. The minimum atomic E-state index is -4.31. The summed E-state index contributed by atoms with van der Waals surface area (Å²) < 4.78 is 41.3. The van der Waals surface area contributed by atoms with Crippen molar-refractivity contribution >= 4 is 15.9 Å². The number of alkyl halides is 4. The Morgan fingerprint density at radius 2 is 1.75 bits per heavy atom. The Labute approximate surface area is 101 Å². The summed E-state index contributed by atoms with van der Waals surface area (Å²) in [6.07, 6.45) is -4.31. The van der Waals surface area contributed by atoms with Crippen molar-refractivity contribution in [3.63, 3.8) is 0 Å². The molecule has 1 unspecified atom stereocenters. The Kier molecular flexibility index (Phi) is 4.38. The van der Waals surface area contributed by atoms with E-state index in [-0.39, 0.29) is 0 Å². The highest BCUT2D eigenvalue weighted by atomic mass is 79.9. The lowest BCUT2D eigenvalue weighted by Gasteiger charge is -2.29. The predicted octanol–water partition coefficient (Wildman–Crippen LogP) is 3.88. The van der Waals surface area contributed by atoms with Crippen molar-refractivity contribution in [2.45, 2.75) is 18.7 Å². The van der Waals surface area contributed by atoms with Crippen LogP contribution < -0.4 is 0 Å². The molecule has 0 radical (unpaired) electrons. The van der Waals surface area contributed by atoms with Gasteiger partial charge in [-0.05, 0) is 12.5 Å². The molecule has 0 aliphatic carbocycles. The second-order valence-electron chi connectivity index (χ2n) is 3.63. The van der Waals surface area contributed by atoms with Crippen LogP contribution in [0, 0.1) is 0 Å². The minimum Gasteiger partial charge on any atom is -0.360 e. The summed E-state index contributed by atoms with van der Waals surface area (Å²) >= 11 is 3.18. The summed E-state index contributed by atoms with van der Waals surface area (Å²) in [7, 11) is 0. The summed E-state index contributed by atoms with van der Waals surface area (Å²) in [5.74, 6) is 0. The molecule has 5 heteroatoms. The maximum absolute atomic E-state index is 12.1. The van der Waals surface area contributed by atoms with Gasteiger partial charge in [0.1, 0.15) is 12.2 Å². The maximum atomic E-state index is 12.1. The summed E-state index contributed by atoms with van der Waals surface area (Å²) in [6.45, 7) is 0.382. The Bertz CT molecular complexity index is 326. The lowest BCUT2D eigenvalue weighted by molar-refractivity contribution is -0.200. The minimum absolute atomic E-state index is 0.306. The molecule has 0 aliphatic heterocycles. The van der Waals surface area contributed by atoms with Crippen LogP contribution in [0.3, 0.4) is 0 Å². The molecule has 0 saturated carbocycles. The molecule has 0 fully saturated rings. The fourth-order valence-corrected chi connectivity index (χ4v) is 1.72. The van der Waals surface area contributed by atoms with Gasteiger partial charge in [0, 0.05) is 5.33 Å². The number of hydrogen-bond donors (Lipinski definition) is 0. The van der Waals surface area contributed by atoms with Crippen LogP contribution in [0.15, 0.2) is 30.3 Å². The van der Waals surface area contributed by atoms with Crippen molar-refractivity contribution in [2.24, 2.45) is 0 Å². The number of hydrogen-bond acceptors (Lipinski definition) is 1. The van der Waals surface area contributed by atoms with Crippen molar-refractivity contribution in [2.75, 3.05) is 11.9 Å². The molecule has 1 atom stereocenters. The summed E-state index contributed by atoms with van der Waals surface area (Å²) in [6, 6.07) is 8.84. The van der Waals surface area contributed by atoms with Crippen molar-refractivity contribution in [3.8, 4) is 0 Å². The van der Waals surface area contributed by atoms with Gasteiger partial charge in [0.25, 0.3) is 0 Å². The average Bonchev–Trinajstić information content (AvgIpc) is 2.26. The third-order valence-electron chi connectivity index (χ3n) is 2.19. The molecule has 0 aromatic heterocycles. The molecule has 0 bridgehead atoms. The maximum Gasteiger partial charge on any atom is 0.411 e. The molecule has 0 N–H and O–H groups in total. The van der Waals surface area contributed by atoms with E-state index in [0.717, 1.165) is 5.56 Å². The monoisotopic (exact) mass is 296 g/mol. The van der Waals surface area contributed by atoms with E-state index in [4.69, 9.17) is 4.74 Å². The van der Waals surface area contributed by atoms with E-state index >= 15 is 0 Å². The zero-order valence-electron chi connectivity index (χ0n) is 8.72. The molecule has 0 heterocycles. The molecule has 0 saturated heterocycles. The predicted molar refractivity (Wildman–Crippen MR) is 59.6 cm³/mol. The first kappa shape index (κ1) is 13.5. The quantitative estimate of drug-likeness (QED) is 0.766. The van der Waals surface area contributed by atoms with Crippen LogP contribution in [0.25, 0.3) is 0 Å². The number of ether oxygens (including phenoxy) is 1. The van der Waals surface area contributed by atoms with E-state index in [0.29, 0.717) is 5.33 Å². The lowest BCUT2D eigenvalue weighted by atomic mass is 9.98. The molecule has 0 spiro atoms. The van der Waals surface area contributed by atoms with Gasteiger partial charge in [-0.25, -0.2) is 0 Å². The fraction of sp³-hybridized carbons (Fsp3) is 0.455. The normalized spacial score (nSPS) is 15.8. The number of benzene rings is 1. The van der Waals surface area contributed by atoms with Gasteiger partial charge in [-0.1, -0.05) is 46.3 Å². The molecule has 0 aliphatic rings. The highest BCUT2D eigenvalue weighted by Gasteiger charge is 2.34. The van der Waals surface area contributed by atoms with Crippen molar-refractivity contribution < 1.29 is 17.9 Å². The first-order valence-electron chi connectivity index (χ1n) is 4.69. The molecule has 1 aromatic carbocycles. The number of halogens is 4. The van der Waals surface area contributed by atoms with E-state index in [1.807, 2.05) is 6.07 Å². The fourth-order valence-electron chi connectivity index (χ4n) is 1.23. The summed E-state index contributed by atoms with van der Waals surface area (Å²) in [5.41, 5.74) is -0.243. The summed E-state index contributed by atoms with van der Waals surface area (Å²) in [4.78, 5) is 0. The van der Waals surface area contributed by atoms with Crippen molar-refractivity contribution in [1.82, 2.24) is 0 Å². The number of rotatable bonds is 4. The molecule has 0 amide bonds. The van der Waals surface area contributed by atoms with E-state index in [9.17, 15) is 13.2 Å². The van der Waals surface area contributed by atoms with Crippen LogP contribution in [0.2, 0.25) is 0 Å². The van der Waals surface area contributed by atoms with Crippen LogP contribution in [0.1, 0.15) is 12.5 Å². The van der Waals surface area contributed by atoms with Gasteiger partial charge in [-0.3, -0.25) is 0 Å². The SMILES string of the molecule is CC(CBr)(OCC(F)(F)F)c1ccccc1. The van der Waals surface area contributed by atoms with Gasteiger partial charge in [0.05, 0.1) is 0 Å². The molecular weight excluding hydrogens is 285 g/mol. The smallest absolute Gasteiger partial charge is 0.360 e. The zero-order chi connectivity index (χ0) is 12.2. The van der Waals surface area contributed by atoms with E-state index < -0.39 is 18.4 Å². The second-order valence-corrected chi connectivity index (χ2v) is 4.20. The van der Waals surface area contributed by atoms with Gasteiger partial charge in [-0.2, -0.15) is 13.2 Å². The standard InChI is InChI=1S/C11H12BrF3O/c1-10(7-12,16-8-11(13,14)15)9-5-3-2-4-6-9/h2-6H,7-8H2,1H3. The molecule has 1 rings (SSSR count). The molecular formula is C11H12BrF3O. The molecule has 16 heavy (non-hydrogen) atoms. The van der Waals surface area contributed by atoms with Crippen LogP contribution in [0.5, 0.6) is 0 Å². The van der Waals surface area contributed by atoms with Crippen LogP contribution in [-0.4, -0.2) is 18.1 Å².